The molecule has 1 aliphatic rings. The maximum absolute atomic E-state index is 11.8. The van der Waals surface area contributed by atoms with E-state index in [0.717, 1.165) is 48.0 Å². The van der Waals surface area contributed by atoms with Crippen LogP contribution in [0, 0.1) is 0 Å². The van der Waals surface area contributed by atoms with Gasteiger partial charge in [-0.05, 0) is 30.7 Å². The molecule has 148 valence electrons. The van der Waals surface area contributed by atoms with Crippen LogP contribution in [0.1, 0.15) is 18.2 Å². The van der Waals surface area contributed by atoms with E-state index in [-0.39, 0.29) is 5.91 Å². The molecule has 1 aliphatic heterocycles. The Bertz CT molecular complexity index is 977. The largest absolute Gasteiger partial charge is 0.383 e. The van der Waals surface area contributed by atoms with Crippen molar-refractivity contribution >= 4 is 17.4 Å². The van der Waals surface area contributed by atoms with E-state index in [4.69, 9.17) is 9.97 Å². The number of nitrogens with one attached hydrogen (secondary N) is 2. The molecule has 1 aromatic carbocycles. The summed E-state index contributed by atoms with van der Waals surface area (Å²) in [6, 6.07) is 15.8. The van der Waals surface area contributed by atoms with Gasteiger partial charge in [-0.2, -0.15) is 0 Å². The quantitative estimate of drug-likeness (QED) is 0.632. The highest BCUT2D eigenvalue weighted by atomic mass is 16.2. The number of pyridine rings is 1. The summed E-state index contributed by atoms with van der Waals surface area (Å²) < 4.78 is 0. The van der Waals surface area contributed by atoms with Crippen LogP contribution < -0.4 is 10.6 Å². The Morgan fingerprint density at radius 1 is 1.03 bits per heavy atom. The van der Waals surface area contributed by atoms with Crippen LogP contribution >= 0.6 is 0 Å². The highest BCUT2D eigenvalue weighted by Crippen LogP contribution is 2.26. The first-order valence-electron chi connectivity index (χ1n) is 9.80. The fourth-order valence-electron chi connectivity index (χ4n) is 3.40. The van der Waals surface area contributed by atoms with Crippen molar-refractivity contribution in [1.29, 1.82) is 0 Å². The molecule has 0 radical (unpaired) electrons. The average molecular weight is 388 g/mol. The van der Waals surface area contributed by atoms with E-state index >= 15 is 0 Å². The first-order chi connectivity index (χ1) is 14.2. The van der Waals surface area contributed by atoms with E-state index in [9.17, 15) is 4.79 Å². The predicted octanol–water partition coefficient (Wildman–Crippen LogP) is 2.97. The lowest BCUT2D eigenvalue weighted by atomic mass is 10.0. The molecule has 2 N–H and O–H groups in total. The first-order valence-corrected chi connectivity index (χ1v) is 9.80. The van der Waals surface area contributed by atoms with Crippen LogP contribution in [0.2, 0.25) is 0 Å². The Hall–Kier alpha value is -3.48. The van der Waals surface area contributed by atoms with Gasteiger partial charge in [0.1, 0.15) is 11.5 Å². The summed E-state index contributed by atoms with van der Waals surface area (Å²) in [5.74, 6) is 1.47. The number of amides is 1. The first kappa shape index (κ1) is 18.9. The molecule has 1 amide bonds. The van der Waals surface area contributed by atoms with E-state index in [0.29, 0.717) is 18.9 Å². The van der Waals surface area contributed by atoms with Crippen LogP contribution in [-0.2, 0) is 17.8 Å². The van der Waals surface area contributed by atoms with Gasteiger partial charge >= 0.3 is 0 Å². The van der Waals surface area contributed by atoms with Crippen LogP contribution in [0.15, 0.2) is 54.7 Å². The van der Waals surface area contributed by atoms with Crippen LogP contribution in [0.25, 0.3) is 11.5 Å². The molecule has 0 saturated heterocycles. The summed E-state index contributed by atoms with van der Waals surface area (Å²) in [6.45, 7) is 4.27. The second-order valence-corrected chi connectivity index (χ2v) is 6.95. The molecule has 0 unspecified atom stereocenters. The van der Waals surface area contributed by atoms with Crippen molar-refractivity contribution in [2.45, 2.75) is 19.9 Å². The Morgan fingerprint density at radius 3 is 2.59 bits per heavy atom. The van der Waals surface area contributed by atoms with Crippen LogP contribution in [0.5, 0.6) is 0 Å². The maximum Gasteiger partial charge on any atom is 0.219 e. The second kappa shape index (κ2) is 8.68. The lowest BCUT2D eigenvalue weighted by molar-refractivity contribution is -0.129. The Balaban J connectivity index is 1.55. The predicted molar refractivity (Wildman–Crippen MR) is 113 cm³/mol. The summed E-state index contributed by atoms with van der Waals surface area (Å²) >= 11 is 0. The van der Waals surface area contributed by atoms with Crippen molar-refractivity contribution in [2.75, 3.05) is 30.3 Å². The van der Waals surface area contributed by atoms with E-state index in [1.165, 1.54) is 0 Å². The van der Waals surface area contributed by atoms with E-state index < -0.39 is 0 Å². The van der Waals surface area contributed by atoms with Gasteiger partial charge in [0, 0.05) is 44.0 Å². The van der Waals surface area contributed by atoms with E-state index in [1.54, 1.807) is 13.1 Å². The summed E-state index contributed by atoms with van der Waals surface area (Å²) in [7, 11) is 0. The molecule has 3 aromatic rings. The maximum atomic E-state index is 11.8. The third-order valence-electron chi connectivity index (χ3n) is 4.92. The van der Waals surface area contributed by atoms with Crippen molar-refractivity contribution in [1.82, 2.24) is 19.9 Å². The molecule has 29 heavy (non-hydrogen) atoms. The number of fused-ring (bicyclic) bond motifs is 1. The Morgan fingerprint density at radius 2 is 1.83 bits per heavy atom. The number of carbonyl (C=O) groups excluding carboxylic acids is 1. The third-order valence-corrected chi connectivity index (χ3v) is 4.92. The molecule has 0 saturated carbocycles. The van der Waals surface area contributed by atoms with Crippen LogP contribution in [0.3, 0.4) is 0 Å². The van der Waals surface area contributed by atoms with Crippen molar-refractivity contribution in [2.24, 2.45) is 0 Å². The number of nitrogens with zero attached hydrogens (tertiary/aromatic N) is 4. The van der Waals surface area contributed by atoms with Gasteiger partial charge in [0.2, 0.25) is 5.91 Å². The van der Waals surface area contributed by atoms with E-state index in [2.05, 4.69) is 15.6 Å². The van der Waals surface area contributed by atoms with Gasteiger partial charge in [0.15, 0.2) is 5.82 Å². The molecule has 0 fully saturated rings. The van der Waals surface area contributed by atoms with Crippen molar-refractivity contribution in [3.8, 4) is 11.5 Å². The molecule has 0 bridgehead atoms. The van der Waals surface area contributed by atoms with Crippen LogP contribution in [0.4, 0.5) is 11.5 Å². The number of hydrogen-bond acceptors (Lipinski definition) is 6. The van der Waals surface area contributed by atoms with Gasteiger partial charge in [0.05, 0.1) is 12.2 Å². The number of anilines is 2. The molecular weight excluding hydrogens is 364 g/mol. The van der Waals surface area contributed by atoms with Gasteiger partial charge in [-0.1, -0.05) is 24.3 Å². The molecule has 0 aliphatic carbocycles. The molecule has 7 heteroatoms. The lowest BCUT2D eigenvalue weighted by Gasteiger charge is -2.28. The minimum atomic E-state index is 0.0650. The molecule has 7 nitrogen and oxygen atoms in total. The molecule has 3 heterocycles. The molecule has 0 spiro atoms. The number of aromatic nitrogens is 3. The molecular formula is C22H24N6O. The number of rotatable bonds is 6. The highest BCUT2D eigenvalue weighted by molar-refractivity contribution is 5.74. The number of hydrogen-bond donors (Lipinski definition) is 2. The average Bonchev–Trinajstić information content (AvgIpc) is 2.77. The zero-order valence-corrected chi connectivity index (χ0v) is 16.4. The normalized spacial score (nSPS) is 12.9. The topological polar surface area (TPSA) is 83.0 Å². The SMILES string of the molecule is CC(=O)N1CCc2c(nc(-c3ccccn3)nc2NCCNc2ccccc2)C1. The number of para-hydroxylation sites is 1. The fourth-order valence-corrected chi connectivity index (χ4v) is 3.40. The highest BCUT2D eigenvalue weighted by Gasteiger charge is 2.24. The van der Waals surface area contributed by atoms with Gasteiger partial charge in [-0.25, -0.2) is 9.97 Å². The third kappa shape index (κ3) is 4.51. The van der Waals surface area contributed by atoms with Crippen molar-refractivity contribution in [3.05, 3.63) is 66.0 Å². The van der Waals surface area contributed by atoms with E-state index in [1.807, 2.05) is 53.4 Å². The molecule has 2 aromatic heterocycles. The van der Waals surface area contributed by atoms with Gasteiger partial charge < -0.3 is 15.5 Å². The minimum absolute atomic E-state index is 0.0650. The fraction of sp³-hybridized carbons (Fsp3) is 0.273. The monoisotopic (exact) mass is 388 g/mol. The van der Waals surface area contributed by atoms with Gasteiger partial charge in [-0.3, -0.25) is 9.78 Å². The van der Waals surface area contributed by atoms with Crippen molar-refractivity contribution in [3.63, 3.8) is 0 Å². The smallest absolute Gasteiger partial charge is 0.219 e. The summed E-state index contributed by atoms with van der Waals surface area (Å²) in [5, 5.41) is 6.84. The lowest BCUT2D eigenvalue weighted by Crippen LogP contribution is -2.35. The number of carbonyl (C=O) groups is 1. The zero-order valence-electron chi connectivity index (χ0n) is 16.4. The Kier molecular flexibility index (Phi) is 5.65. The Labute approximate surface area is 170 Å². The second-order valence-electron chi connectivity index (χ2n) is 6.95. The zero-order chi connectivity index (χ0) is 20.1. The molecule has 4 rings (SSSR count). The summed E-state index contributed by atoms with van der Waals surface area (Å²) in [5.41, 5.74) is 3.79. The van der Waals surface area contributed by atoms with Gasteiger partial charge in [0.25, 0.3) is 0 Å². The van der Waals surface area contributed by atoms with Crippen LogP contribution in [-0.4, -0.2) is 45.4 Å². The summed E-state index contributed by atoms with van der Waals surface area (Å²) in [4.78, 5) is 27.5. The van der Waals surface area contributed by atoms with Gasteiger partial charge in [-0.15, -0.1) is 0 Å². The standard InChI is InChI=1S/C22H24N6O/c1-16(29)28-14-10-18-20(15-28)26-22(19-9-5-6-11-24-19)27-21(18)25-13-12-23-17-7-3-2-4-8-17/h2-9,11,23H,10,12-15H2,1H3,(H,25,26,27). The molecule has 0 atom stereocenters. The minimum Gasteiger partial charge on any atom is -0.383 e. The van der Waals surface area contributed by atoms with Crippen molar-refractivity contribution < 1.29 is 4.79 Å². The summed E-state index contributed by atoms with van der Waals surface area (Å²) in [6.07, 6.45) is 2.47. The number of benzene rings is 1.